The molecule has 0 saturated heterocycles. The molecule has 0 radical (unpaired) electrons. The maximum Gasteiger partial charge on any atom is 0.120 e. The summed E-state index contributed by atoms with van der Waals surface area (Å²) in [7, 11) is 1.65. The average molecular weight is 310 g/mol. The monoisotopic (exact) mass is 309 g/mol. The Hall–Kier alpha value is -1.03. The third-order valence-corrected chi connectivity index (χ3v) is 4.86. The van der Waals surface area contributed by atoms with Crippen molar-refractivity contribution < 1.29 is 4.74 Å². The first-order chi connectivity index (χ1) is 9.69. The van der Waals surface area contributed by atoms with E-state index in [2.05, 4.69) is 31.3 Å². The van der Waals surface area contributed by atoms with Crippen LogP contribution in [0.2, 0.25) is 5.02 Å². The molecule has 2 aromatic rings. The van der Waals surface area contributed by atoms with E-state index >= 15 is 0 Å². The summed E-state index contributed by atoms with van der Waals surface area (Å²) in [6.45, 7) is 5.18. The van der Waals surface area contributed by atoms with Crippen LogP contribution in [0, 0.1) is 0 Å². The Labute approximate surface area is 129 Å². The van der Waals surface area contributed by atoms with E-state index < -0.39 is 0 Å². The summed E-state index contributed by atoms with van der Waals surface area (Å²) < 4.78 is 5.21. The maximum absolute atomic E-state index is 6.41. The zero-order valence-corrected chi connectivity index (χ0v) is 13.6. The summed E-state index contributed by atoms with van der Waals surface area (Å²) in [6.07, 6.45) is 1.07. The van der Waals surface area contributed by atoms with Gasteiger partial charge in [0, 0.05) is 14.8 Å². The topological polar surface area (TPSA) is 21.3 Å². The normalized spacial score (nSPS) is 12.4. The minimum Gasteiger partial charge on any atom is -0.497 e. The predicted molar refractivity (Wildman–Crippen MR) is 87.2 cm³/mol. The number of methoxy groups -OCH3 is 1. The molecule has 1 heterocycles. The van der Waals surface area contributed by atoms with E-state index in [9.17, 15) is 0 Å². The van der Waals surface area contributed by atoms with Gasteiger partial charge in [0.2, 0.25) is 0 Å². The lowest BCUT2D eigenvalue weighted by Gasteiger charge is -2.19. The number of hydrogen-bond donors (Lipinski definition) is 1. The second-order valence-electron chi connectivity index (χ2n) is 4.54. The van der Waals surface area contributed by atoms with Gasteiger partial charge in [-0.1, -0.05) is 31.5 Å². The van der Waals surface area contributed by atoms with E-state index in [-0.39, 0.29) is 6.04 Å². The standard InChI is InChI=1S/C16H20ClNOS/c1-4-12-7-9-15(20-12)16(18-5-2)13-8-6-11(19-3)10-14(13)17/h6-10,16,18H,4-5H2,1-3H3. The highest BCUT2D eigenvalue weighted by molar-refractivity contribution is 7.12. The van der Waals surface area contributed by atoms with Crippen LogP contribution in [0.25, 0.3) is 0 Å². The van der Waals surface area contributed by atoms with Gasteiger partial charge in [0.1, 0.15) is 5.75 Å². The Morgan fingerprint density at radius 3 is 2.60 bits per heavy atom. The third kappa shape index (κ3) is 3.35. The fraction of sp³-hybridized carbons (Fsp3) is 0.375. The van der Waals surface area contributed by atoms with E-state index in [1.165, 1.54) is 9.75 Å². The Balaban J connectivity index is 2.37. The van der Waals surface area contributed by atoms with Crippen molar-refractivity contribution in [1.82, 2.24) is 5.32 Å². The molecule has 108 valence electrons. The minimum atomic E-state index is 0.142. The number of nitrogens with one attached hydrogen (secondary N) is 1. The molecule has 2 nitrogen and oxygen atoms in total. The Morgan fingerprint density at radius 1 is 1.25 bits per heavy atom. The molecule has 1 N–H and O–H groups in total. The molecule has 1 aromatic heterocycles. The Morgan fingerprint density at radius 2 is 2.05 bits per heavy atom. The van der Waals surface area contributed by atoms with Gasteiger partial charge in [-0.05, 0) is 42.8 Å². The number of halogens is 1. The SMILES string of the molecule is CCNC(c1ccc(CC)s1)c1ccc(OC)cc1Cl. The van der Waals surface area contributed by atoms with Crippen LogP contribution in [0.1, 0.15) is 35.2 Å². The number of benzene rings is 1. The molecular weight excluding hydrogens is 290 g/mol. The molecule has 0 aliphatic carbocycles. The second kappa shape index (κ2) is 7.11. The lowest BCUT2D eigenvalue weighted by atomic mass is 10.0. The fourth-order valence-electron chi connectivity index (χ4n) is 2.18. The predicted octanol–water partition coefficient (Wildman–Crippen LogP) is 4.67. The van der Waals surface area contributed by atoms with Crippen molar-refractivity contribution >= 4 is 22.9 Å². The highest BCUT2D eigenvalue weighted by Gasteiger charge is 2.18. The number of hydrogen-bond acceptors (Lipinski definition) is 3. The summed E-state index contributed by atoms with van der Waals surface area (Å²) in [5.41, 5.74) is 1.10. The minimum absolute atomic E-state index is 0.142. The van der Waals surface area contributed by atoms with Gasteiger partial charge in [-0.25, -0.2) is 0 Å². The molecule has 0 aliphatic heterocycles. The second-order valence-corrected chi connectivity index (χ2v) is 6.14. The number of ether oxygens (including phenoxy) is 1. The van der Waals surface area contributed by atoms with Crippen LogP contribution < -0.4 is 10.1 Å². The zero-order valence-electron chi connectivity index (χ0n) is 12.1. The Bertz CT molecular complexity index is 567. The van der Waals surface area contributed by atoms with Crippen LogP contribution in [0.3, 0.4) is 0 Å². The molecule has 0 saturated carbocycles. The van der Waals surface area contributed by atoms with Crippen LogP contribution in [-0.4, -0.2) is 13.7 Å². The van der Waals surface area contributed by atoms with E-state index in [1.807, 2.05) is 29.5 Å². The molecule has 2 rings (SSSR count). The average Bonchev–Trinajstić information content (AvgIpc) is 2.94. The first-order valence-electron chi connectivity index (χ1n) is 6.85. The Kier molecular flexibility index (Phi) is 5.46. The van der Waals surface area contributed by atoms with Gasteiger partial charge in [0.05, 0.1) is 13.2 Å². The smallest absolute Gasteiger partial charge is 0.120 e. The molecule has 20 heavy (non-hydrogen) atoms. The summed E-state index contributed by atoms with van der Waals surface area (Å²) in [5, 5.41) is 4.25. The highest BCUT2D eigenvalue weighted by atomic mass is 35.5. The van der Waals surface area contributed by atoms with Gasteiger partial charge in [0.15, 0.2) is 0 Å². The van der Waals surface area contributed by atoms with Crippen molar-refractivity contribution in [2.45, 2.75) is 26.3 Å². The van der Waals surface area contributed by atoms with Crippen LogP contribution in [0.5, 0.6) is 5.75 Å². The largest absolute Gasteiger partial charge is 0.497 e. The van der Waals surface area contributed by atoms with Crippen molar-refractivity contribution in [1.29, 1.82) is 0 Å². The molecule has 4 heteroatoms. The first kappa shape index (κ1) is 15.4. The summed E-state index contributed by atoms with van der Waals surface area (Å²) in [5.74, 6) is 0.787. The lowest BCUT2D eigenvalue weighted by molar-refractivity contribution is 0.414. The van der Waals surface area contributed by atoms with Gasteiger partial charge in [-0.2, -0.15) is 0 Å². The maximum atomic E-state index is 6.41. The lowest BCUT2D eigenvalue weighted by Crippen LogP contribution is -2.21. The molecule has 0 spiro atoms. The molecule has 0 fully saturated rings. The molecule has 1 aromatic carbocycles. The molecule has 0 amide bonds. The summed E-state index contributed by atoms with van der Waals surface area (Å²) in [4.78, 5) is 2.70. The van der Waals surface area contributed by atoms with Crippen molar-refractivity contribution in [3.63, 3.8) is 0 Å². The van der Waals surface area contributed by atoms with Crippen molar-refractivity contribution in [3.8, 4) is 5.75 Å². The van der Waals surface area contributed by atoms with Gasteiger partial charge in [-0.15, -0.1) is 11.3 Å². The van der Waals surface area contributed by atoms with E-state index in [4.69, 9.17) is 16.3 Å². The molecule has 1 unspecified atom stereocenters. The van der Waals surface area contributed by atoms with E-state index in [0.717, 1.165) is 29.3 Å². The molecule has 0 aliphatic rings. The third-order valence-electron chi connectivity index (χ3n) is 3.24. The number of rotatable bonds is 6. The summed E-state index contributed by atoms with van der Waals surface area (Å²) in [6, 6.07) is 10.4. The number of thiophene rings is 1. The zero-order chi connectivity index (χ0) is 14.5. The van der Waals surface area contributed by atoms with Gasteiger partial charge < -0.3 is 10.1 Å². The first-order valence-corrected chi connectivity index (χ1v) is 8.04. The van der Waals surface area contributed by atoms with Gasteiger partial charge >= 0.3 is 0 Å². The molecule has 0 bridgehead atoms. The van der Waals surface area contributed by atoms with Crippen LogP contribution in [-0.2, 0) is 6.42 Å². The van der Waals surface area contributed by atoms with Crippen LogP contribution >= 0.6 is 22.9 Å². The van der Waals surface area contributed by atoms with Crippen molar-refractivity contribution in [2.75, 3.05) is 13.7 Å². The molecule has 1 atom stereocenters. The van der Waals surface area contributed by atoms with Gasteiger partial charge in [-0.3, -0.25) is 0 Å². The fourth-order valence-corrected chi connectivity index (χ4v) is 3.50. The van der Waals surface area contributed by atoms with E-state index in [0.29, 0.717) is 0 Å². The summed E-state index contributed by atoms with van der Waals surface area (Å²) >= 11 is 8.26. The van der Waals surface area contributed by atoms with Gasteiger partial charge in [0.25, 0.3) is 0 Å². The van der Waals surface area contributed by atoms with Crippen LogP contribution in [0.4, 0.5) is 0 Å². The highest BCUT2D eigenvalue weighted by Crippen LogP contribution is 2.34. The van der Waals surface area contributed by atoms with E-state index in [1.54, 1.807) is 7.11 Å². The van der Waals surface area contributed by atoms with Crippen molar-refractivity contribution in [3.05, 3.63) is 50.7 Å². The number of aryl methyl sites for hydroxylation is 1. The molecular formula is C16H20ClNOS. The quantitative estimate of drug-likeness (QED) is 0.837. The van der Waals surface area contributed by atoms with Crippen molar-refractivity contribution in [2.24, 2.45) is 0 Å². The van der Waals surface area contributed by atoms with Crippen LogP contribution in [0.15, 0.2) is 30.3 Å².